The average molecular weight is 296 g/mol. The molecule has 1 heterocycles. The Labute approximate surface area is 123 Å². The van der Waals surface area contributed by atoms with Crippen LogP contribution in [0.5, 0.6) is 0 Å². The maximum Gasteiger partial charge on any atom is 0.125 e. The van der Waals surface area contributed by atoms with Gasteiger partial charge in [-0.05, 0) is 42.8 Å². The second-order valence-electron chi connectivity index (χ2n) is 4.71. The van der Waals surface area contributed by atoms with Crippen LogP contribution in [0.15, 0.2) is 34.7 Å². The minimum Gasteiger partial charge on any atom is -0.464 e. The van der Waals surface area contributed by atoms with E-state index in [1.807, 2.05) is 19.1 Å². The third-order valence-corrected chi connectivity index (χ3v) is 3.51. The summed E-state index contributed by atoms with van der Waals surface area (Å²) in [7, 11) is 0. The zero-order valence-corrected chi connectivity index (χ0v) is 12.5. The van der Waals surface area contributed by atoms with Crippen molar-refractivity contribution in [2.75, 3.05) is 6.54 Å². The predicted octanol–water partition coefficient (Wildman–Crippen LogP) is 4.72. The van der Waals surface area contributed by atoms with E-state index in [1.54, 1.807) is 6.07 Å². The molecular formula is C16H19ClFNO. The van der Waals surface area contributed by atoms with E-state index in [0.29, 0.717) is 5.02 Å². The largest absolute Gasteiger partial charge is 0.464 e. The van der Waals surface area contributed by atoms with E-state index in [1.165, 1.54) is 12.1 Å². The van der Waals surface area contributed by atoms with Crippen molar-refractivity contribution >= 4 is 11.6 Å². The molecular weight excluding hydrogens is 277 g/mol. The molecule has 2 aromatic rings. The molecule has 0 fully saturated rings. The van der Waals surface area contributed by atoms with Crippen molar-refractivity contribution in [3.63, 3.8) is 0 Å². The Bertz CT molecular complexity index is 567. The van der Waals surface area contributed by atoms with E-state index in [0.717, 1.165) is 36.5 Å². The molecule has 4 heteroatoms. The maximum absolute atomic E-state index is 13.2. The predicted molar refractivity (Wildman–Crippen MR) is 79.6 cm³/mol. The van der Waals surface area contributed by atoms with Crippen molar-refractivity contribution < 1.29 is 8.81 Å². The molecule has 1 aromatic heterocycles. The fourth-order valence-corrected chi connectivity index (χ4v) is 2.40. The Morgan fingerprint density at radius 3 is 2.65 bits per heavy atom. The first kappa shape index (κ1) is 15.1. The molecule has 108 valence electrons. The van der Waals surface area contributed by atoms with Gasteiger partial charge in [0.25, 0.3) is 0 Å². The van der Waals surface area contributed by atoms with Gasteiger partial charge in [0.2, 0.25) is 0 Å². The van der Waals surface area contributed by atoms with Gasteiger partial charge in [0, 0.05) is 11.4 Å². The minimum absolute atomic E-state index is 0.150. The molecule has 0 saturated carbocycles. The molecule has 20 heavy (non-hydrogen) atoms. The summed E-state index contributed by atoms with van der Waals surface area (Å²) in [5.41, 5.74) is 0.832. The van der Waals surface area contributed by atoms with Crippen LogP contribution in [0, 0.1) is 5.82 Å². The lowest BCUT2D eigenvalue weighted by Crippen LogP contribution is -2.23. The molecule has 0 amide bonds. The average Bonchev–Trinajstić information content (AvgIpc) is 2.90. The van der Waals surface area contributed by atoms with Crippen molar-refractivity contribution in [2.45, 2.75) is 32.7 Å². The van der Waals surface area contributed by atoms with Gasteiger partial charge >= 0.3 is 0 Å². The maximum atomic E-state index is 13.2. The highest BCUT2D eigenvalue weighted by molar-refractivity contribution is 6.31. The number of hydrogen-bond acceptors (Lipinski definition) is 2. The highest BCUT2D eigenvalue weighted by Crippen LogP contribution is 2.30. The van der Waals surface area contributed by atoms with Gasteiger partial charge in [0.15, 0.2) is 0 Å². The number of halogens is 2. The van der Waals surface area contributed by atoms with Crippen LogP contribution >= 0.6 is 11.6 Å². The molecule has 1 aromatic carbocycles. The summed E-state index contributed by atoms with van der Waals surface area (Å²) in [4.78, 5) is 0. The first-order valence-electron chi connectivity index (χ1n) is 6.92. The zero-order valence-electron chi connectivity index (χ0n) is 11.7. The van der Waals surface area contributed by atoms with Gasteiger partial charge in [-0.2, -0.15) is 0 Å². The summed E-state index contributed by atoms with van der Waals surface area (Å²) >= 11 is 6.17. The standard InChI is InChI=1S/C16H19ClFNO/c1-3-9-19-16(15-8-6-12(4-2)20-15)13-7-5-11(18)10-14(13)17/h5-8,10,16,19H,3-4,9H2,1-2H3. The summed E-state index contributed by atoms with van der Waals surface area (Å²) in [5.74, 6) is 1.41. The summed E-state index contributed by atoms with van der Waals surface area (Å²) in [5, 5.41) is 3.81. The van der Waals surface area contributed by atoms with Crippen LogP contribution in [0.3, 0.4) is 0 Å². The Balaban J connectivity index is 2.35. The lowest BCUT2D eigenvalue weighted by molar-refractivity contribution is 0.421. The second-order valence-corrected chi connectivity index (χ2v) is 5.12. The Hall–Kier alpha value is -1.32. The third-order valence-electron chi connectivity index (χ3n) is 3.19. The molecule has 0 aliphatic heterocycles. The summed E-state index contributed by atoms with van der Waals surface area (Å²) < 4.78 is 19.0. The van der Waals surface area contributed by atoms with Gasteiger partial charge in [0.05, 0.1) is 6.04 Å². The molecule has 1 atom stereocenters. The van der Waals surface area contributed by atoms with Crippen LogP contribution < -0.4 is 5.32 Å². The highest BCUT2D eigenvalue weighted by atomic mass is 35.5. The number of rotatable bonds is 6. The molecule has 1 unspecified atom stereocenters. The first-order valence-corrected chi connectivity index (χ1v) is 7.30. The lowest BCUT2D eigenvalue weighted by Gasteiger charge is -2.18. The Morgan fingerprint density at radius 1 is 1.25 bits per heavy atom. The van der Waals surface area contributed by atoms with E-state index >= 15 is 0 Å². The van der Waals surface area contributed by atoms with Crippen LogP contribution in [0.4, 0.5) is 4.39 Å². The molecule has 0 spiro atoms. The molecule has 0 aliphatic rings. The van der Waals surface area contributed by atoms with Crippen LogP contribution in [0.1, 0.15) is 43.4 Å². The van der Waals surface area contributed by atoms with Crippen molar-refractivity contribution in [1.29, 1.82) is 0 Å². The quantitative estimate of drug-likeness (QED) is 0.834. The molecule has 0 bridgehead atoms. The SMILES string of the molecule is CCCNC(c1ccc(CC)o1)c1ccc(F)cc1Cl. The summed E-state index contributed by atoms with van der Waals surface area (Å²) in [6.07, 6.45) is 1.84. The third kappa shape index (κ3) is 3.41. The number of furan rings is 1. The Morgan fingerprint density at radius 2 is 2.05 bits per heavy atom. The molecule has 1 N–H and O–H groups in total. The van der Waals surface area contributed by atoms with Crippen molar-refractivity contribution in [3.8, 4) is 0 Å². The number of aryl methyl sites for hydroxylation is 1. The van der Waals surface area contributed by atoms with E-state index < -0.39 is 0 Å². The van der Waals surface area contributed by atoms with Crippen LogP contribution in [0.25, 0.3) is 0 Å². The molecule has 0 radical (unpaired) electrons. The lowest BCUT2D eigenvalue weighted by atomic mass is 10.0. The summed E-state index contributed by atoms with van der Waals surface area (Å²) in [6, 6.07) is 8.23. The first-order chi connectivity index (χ1) is 9.65. The van der Waals surface area contributed by atoms with Gasteiger partial charge in [-0.1, -0.05) is 31.5 Å². The topological polar surface area (TPSA) is 25.2 Å². The van der Waals surface area contributed by atoms with Gasteiger partial charge in [-0.15, -0.1) is 0 Å². The van der Waals surface area contributed by atoms with Gasteiger partial charge in [-0.3, -0.25) is 0 Å². The van der Waals surface area contributed by atoms with Crippen LogP contribution in [-0.4, -0.2) is 6.54 Å². The van der Waals surface area contributed by atoms with Gasteiger partial charge < -0.3 is 9.73 Å². The monoisotopic (exact) mass is 295 g/mol. The summed E-state index contributed by atoms with van der Waals surface area (Å²) in [6.45, 7) is 4.97. The normalized spacial score (nSPS) is 12.6. The van der Waals surface area contributed by atoms with E-state index in [4.69, 9.17) is 16.0 Å². The van der Waals surface area contributed by atoms with E-state index in [-0.39, 0.29) is 11.9 Å². The molecule has 2 rings (SSSR count). The van der Waals surface area contributed by atoms with Gasteiger partial charge in [-0.25, -0.2) is 4.39 Å². The van der Waals surface area contributed by atoms with Crippen LogP contribution in [-0.2, 0) is 6.42 Å². The minimum atomic E-state index is -0.332. The highest BCUT2D eigenvalue weighted by Gasteiger charge is 2.20. The van der Waals surface area contributed by atoms with E-state index in [9.17, 15) is 4.39 Å². The fourth-order valence-electron chi connectivity index (χ4n) is 2.13. The molecule has 0 saturated heterocycles. The number of hydrogen-bond donors (Lipinski definition) is 1. The Kier molecular flexibility index (Phi) is 5.21. The molecule has 0 aliphatic carbocycles. The van der Waals surface area contributed by atoms with Crippen LogP contribution in [0.2, 0.25) is 5.02 Å². The molecule has 2 nitrogen and oxygen atoms in total. The fraction of sp³-hybridized carbons (Fsp3) is 0.375. The zero-order chi connectivity index (χ0) is 14.5. The van der Waals surface area contributed by atoms with Crippen molar-refractivity contribution in [2.24, 2.45) is 0 Å². The van der Waals surface area contributed by atoms with Crippen molar-refractivity contribution in [3.05, 3.63) is 58.3 Å². The van der Waals surface area contributed by atoms with Gasteiger partial charge in [0.1, 0.15) is 17.3 Å². The van der Waals surface area contributed by atoms with Crippen molar-refractivity contribution in [1.82, 2.24) is 5.32 Å². The number of benzene rings is 1. The number of nitrogens with one attached hydrogen (secondary N) is 1. The second kappa shape index (κ2) is 6.91. The smallest absolute Gasteiger partial charge is 0.125 e. The van der Waals surface area contributed by atoms with E-state index in [2.05, 4.69) is 12.2 Å².